The molecule has 90 valence electrons. The van der Waals surface area contributed by atoms with Gasteiger partial charge < -0.3 is 5.73 Å². The van der Waals surface area contributed by atoms with E-state index >= 15 is 0 Å². The fourth-order valence-corrected chi connectivity index (χ4v) is 3.12. The molecule has 0 heterocycles. The first kappa shape index (κ1) is 13.0. The Bertz CT molecular complexity index is 155. The first-order chi connectivity index (χ1) is 7.31. The SMILES string of the molecule is CCCCCC1CC(CC)CCC1CN. The lowest BCUT2D eigenvalue weighted by Crippen LogP contribution is -2.30. The predicted molar refractivity (Wildman–Crippen MR) is 67.8 cm³/mol. The first-order valence-electron chi connectivity index (χ1n) is 7.01. The van der Waals surface area contributed by atoms with Gasteiger partial charge >= 0.3 is 0 Å². The minimum absolute atomic E-state index is 0.838. The second-order valence-corrected chi connectivity index (χ2v) is 5.34. The molecule has 0 bridgehead atoms. The predicted octanol–water partition coefficient (Wildman–Crippen LogP) is 3.97. The van der Waals surface area contributed by atoms with Gasteiger partial charge in [0.05, 0.1) is 0 Å². The van der Waals surface area contributed by atoms with Crippen LogP contribution in [0, 0.1) is 17.8 Å². The van der Waals surface area contributed by atoms with Crippen molar-refractivity contribution in [3.05, 3.63) is 0 Å². The lowest BCUT2D eigenvalue weighted by Gasteiger charge is -2.35. The summed E-state index contributed by atoms with van der Waals surface area (Å²) in [5.41, 5.74) is 5.88. The maximum Gasteiger partial charge on any atom is -0.00462 e. The Morgan fingerprint density at radius 2 is 1.87 bits per heavy atom. The molecule has 15 heavy (non-hydrogen) atoms. The summed E-state index contributed by atoms with van der Waals surface area (Å²) in [5.74, 6) is 2.78. The molecule has 0 aromatic carbocycles. The van der Waals surface area contributed by atoms with Crippen LogP contribution in [0.4, 0.5) is 0 Å². The maximum atomic E-state index is 5.88. The molecule has 0 radical (unpaired) electrons. The van der Waals surface area contributed by atoms with Gasteiger partial charge in [0.1, 0.15) is 0 Å². The molecule has 0 spiro atoms. The van der Waals surface area contributed by atoms with Crippen LogP contribution in [0.5, 0.6) is 0 Å². The highest BCUT2D eigenvalue weighted by Gasteiger charge is 2.28. The number of unbranched alkanes of at least 4 members (excludes halogenated alkanes) is 2. The monoisotopic (exact) mass is 211 g/mol. The first-order valence-corrected chi connectivity index (χ1v) is 7.01. The van der Waals surface area contributed by atoms with Gasteiger partial charge in [-0.25, -0.2) is 0 Å². The van der Waals surface area contributed by atoms with Gasteiger partial charge in [-0.2, -0.15) is 0 Å². The Morgan fingerprint density at radius 1 is 1.07 bits per heavy atom. The zero-order valence-corrected chi connectivity index (χ0v) is 10.7. The van der Waals surface area contributed by atoms with E-state index in [1.165, 1.54) is 51.4 Å². The Hall–Kier alpha value is -0.0400. The van der Waals surface area contributed by atoms with Crippen LogP contribution >= 0.6 is 0 Å². The molecule has 1 aliphatic rings. The summed E-state index contributed by atoms with van der Waals surface area (Å²) < 4.78 is 0. The molecular formula is C14H29N. The Kier molecular flexibility index (Phi) is 6.31. The summed E-state index contributed by atoms with van der Waals surface area (Å²) in [4.78, 5) is 0. The van der Waals surface area contributed by atoms with Crippen LogP contribution in [-0.2, 0) is 0 Å². The quantitative estimate of drug-likeness (QED) is 0.661. The average Bonchev–Trinajstić information content (AvgIpc) is 2.29. The standard InChI is InChI=1S/C14H29N/c1-3-5-6-7-13-10-12(4-2)8-9-14(13)11-15/h12-14H,3-11,15H2,1-2H3. The molecule has 0 saturated heterocycles. The molecule has 1 fully saturated rings. The third-order valence-electron chi connectivity index (χ3n) is 4.31. The second-order valence-electron chi connectivity index (χ2n) is 5.34. The van der Waals surface area contributed by atoms with E-state index < -0.39 is 0 Å². The van der Waals surface area contributed by atoms with E-state index in [1.807, 2.05) is 0 Å². The Labute approximate surface area is 95.8 Å². The number of nitrogens with two attached hydrogens (primary N) is 1. The van der Waals surface area contributed by atoms with E-state index in [0.29, 0.717) is 0 Å². The largest absolute Gasteiger partial charge is 0.330 e. The van der Waals surface area contributed by atoms with Gasteiger partial charge in [-0.1, -0.05) is 52.4 Å². The molecular weight excluding hydrogens is 182 g/mol. The van der Waals surface area contributed by atoms with Gasteiger partial charge in [0, 0.05) is 0 Å². The third kappa shape index (κ3) is 4.14. The van der Waals surface area contributed by atoms with Gasteiger partial charge in [-0.3, -0.25) is 0 Å². The summed E-state index contributed by atoms with van der Waals surface area (Å²) in [5, 5.41) is 0. The summed E-state index contributed by atoms with van der Waals surface area (Å²) in [7, 11) is 0. The van der Waals surface area contributed by atoms with Crippen LogP contribution in [-0.4, -0.2) is 6.54 Å². The summed E-state index contributed by atoms with van der Waals surface area (Å²) >= 11 is 0. The van der Waals surface area contributed by atoms with Crippen LogP contribution in [0.25, 0.3) is 0 Å². The highest BCUT2D eigenvalue weighted by atomic mass is 14.6. The van der Waals surface area contributed by atoms with Crippen molar-refractivity contribution < 1.29 is 0 Å². The van der Waals surface area contributed by atoms with Gasteiger partial charge in [0.25, 0.3) is 0 Å². The van der Waals surface area contributed by atoms with Crippen LogP contribution < -0.4 is 5.73 Å². The van der Waals surface area contributed by atoms with Gasteiger partial charge in [-0.15, -0.1) is 0 Å². The summed E-state index contributed by atoms with van der Waals surface area (Å²) in [6.45, 7) is 5.56. The normalized spacial score (nSPS) is 31.8. The lowest BCUT2D eigenvalue weighted by molar-refractivity contribution is 0.168. The number of hydrogen-bond donors (Lipinski definition) is 1. The van der Waals surface area contributed by atoms with Crippen LogP contribution in [0.15, 0.2) is 0 Å². The van der Waals surface area contributed by atoms with Crippen molar-refractivity contribution in [2.75, 3.05) is 6.54 Å². The molecule has 1 aliphatic carbocycles. The van der Waals surface area contributed by atoms with E-state index in [2.05, 4.69) is 13.8 Å². The Morgan fingerprint density at radius 3 is 2.47 bits per heavy atom. The molecule has 1 saturated carbocycles. The van der Waals surface area contributed by atoms with Crippen LogP contribution in [0.3, 0.4) is 0 Å². The van der Waals surface area contributed by atoms with Crippen molar-refractivity contribution in [2.24, 2.45) is 23.5 Å². The minimum atomic E-state index is 0.838. The maximum absolute atomic E-state index is 5.88. The van der Waals surface area contributed by atoms with Crippen molar-refractivity contribution in [1.82, 2.24) is 0 Å². The lowest BCUT2D eigenvalue weighted by atomic mass is 9.71. The number of rotatable bonds is 6. The highest BCUT2D eigenvalue weighted by molar-refractivity contribution is 4.80. The van der Waals surface area contributed by atoms with Crippen LogP contribution in [0.1, 0.15) is 65.2 Å². The van der Waals surface area contributed by atoms with Crippen molar-refractivity contribution in [3.8, 4) is 0 Å². The summed E-state index contributed by atoms with van der Waals surface area (Å²) in [6, 6.07) is 0. The van der Waals surface area contributed by atoms with E-state index in [0.717, 1.165) is 24.3 Å². The fourth-order valence-electron chi connectivity index (χ4n) is 3.12. The third-order valence-corrected chi connectivity index (χ3v) is 4.31. The van der Waals surface area contributed by atoms with Crippen LogP contribution in [0.2, 0.25) is 0 Å². The van der Waals surface area contributed by atoms with Crippen molar-refractivity contribution in [1.29, 1.82) is 0 Å². The van der Waals surface area contributed by atoms with Crippen molar-refractivity contribution >= 4 is 0 Å². The zero-order chi connectivity index (χ0) is 11.1. The molecule has 1 rings (SSSR count). The molecule has 0 aromatic rings. The molecule has 1 nitrogen and oxygen atoms in total. The van der Waals surface area contributed by atoms with Gasteiger partial charge in [0.15, 0.2) is 0 Å². The van der Waals surface area contributed by atoms with E-state index in [9.17, 15) is 0 Å². The molecule has 2 N–H and O–H groups in total. The zero-order valence-electron chi connectivity index (χ0n) is 10.7. The van der Waals surface area contributed by atoms with Crippen molar-refractivity contribution in [2.45, 2.75) is 65.2 Å². The highest BCUT2D eigenvalue weighted by Crippen LogP contribution is 2.37. The summed E-state index contributed by atoms with van der Waals surface area (Å²) in [6.07, 6.45) is 11.3. The molecule has 0 amide bonds. The number of hydrogen-bond acceptors (Lipinski definition) is 1. The van der Waals surface area contributed by atoms with E-state index in [1.54, 1.807) is 0 Å². The molecule has 3 unspecified atom stereocenters. The molecule has 0 aromatic heterocycles. The van der Waals surface area contributed by atoms with E-state index in [4.69, 9.17) is 5.73 Å². The van der Waals surface area contributed by atoms with E-state index in [-0.39, 0.29) is 0 Å². The smallest absolute Gasteiger partial charge is 0.00462 e. The minimum Gasteiger partial charge on any atom is -0.330 e. The molecule has 1 heteroatoms. The topological polar surface area (TPSA) is 26.0 Å². The van der Waals surface area contributed by atoms with Gasteiger partial charge in [0.2, 0.25) is 0 Å². The van der Waals surface area contributed by atoms with Gasteiger partial charge in [-0.05, 0) is 37.1 Å². The van der Waals surface area contributed by atoms with Crippen molar-refractivity contribution in [3.63, 3.8) is 0 Å². The average molecular weight is 211 g/mol. The molecule has 0 aliphatic heterocycles. The molecule has 3 atom stereocenters. The second kappa shape index (κ2) is 7.27. The Balaban J connectivity index is 2.33. The fraction of sp³-hybridized carbons (Fsp3) is 1.00.